The number of fused-ring (bicyclic) bond motifs is 1. The normalized spacial score (nSPS) is 21.4. The third kappa shape index (κ3) is 3.29. The van der Waals surface area contributed by atoms with Crippen molar-refractivity contribution in [3.8, 4) is 0 Å². The molecule has 1 aliphatic heterocycles. The quantitative estimate of drug-likeness (QED) is 0.839. The predicted molar refractivity (Wildman–Crippen MR) is 97.9 cm³/mol. The zero-order valence-electron chi connectivity index (χ0n) is 16.0. The maximum atomic E-state index is 12.7. The first-order chi connectivity index (χ1) is 11.8. The predicted octanol–water partition coefficient (Wildman–Crippen LogP) is -0.0955. The maximum absolute atomic E-state index is 12.7. The number of aryl methyl sites for hydroxylation is 1. The van der Waals surface area contributed by atoms with Crippen molar-refractivity contribution in [3.05, 3.63) is 26.7 Å². The Morgan fingerprint density at radius 2 is 1.96 bits per heavy atom. The molecule has 2 unspecified atom stereocenters. The molecular formula is C18H30N5O2+. The van der Waals surface area contributed by atoms with Gasteiger partial charge in [0.25, 0.3) is 5.56 Å². The second kappa shape index (κ2) is 6.78. The van der Waals surface area contributed by atoms with Crippen LogP contribution in [0.3, 0.4) is 0 Å². The minimum atomic E-state index is -0.322. The molecule has 2 atom stereocenters. The van der Waals surface area contributed by atoms with Gasteiger partial charge < -0.3 is 9.47 Å². The highest BCUT2D eigenvalue weighted by Crippen LogP contribution is 2.14. The molecule has 7 nitrogen and oxygen atoms in total. The molecule has 25 heavy (non-hydrogen) atoms. The van der Waals surface area contributed by atoms with Gasteiger partial charge in [-0.15, -0.1) is 0 Å². The van der Waals surface area contributed by atoms with Crippen molar-refractivity contribution in [2.24, 2.45) is 25.9 Å². The zero-order chi connectivity index (χ0) is 18.3. The van der Waals surface area contributed by atoms with E-state index in [2.05, 4.69) is 20.8 Å². The summed E-state index contributed by atoms with van der Waals surface area (Å²) < 4.78 is 4.72. The lowest BCUT2D eigenvalue weighted by Crippen LogP contribution is -3.12. The number of piperidine rings is 1. The first-order valence-corrected chi connectivity index (χ1v) is 9.28. The van der Waals surface area contributed by atoms with Crippen molar-refractivity contribution in [2.45, 2.75) is 46.7 Å². The average Bonchev–Trinajstić information content (AvgIpc) is 2.89. The van der Waals surface area contributed by atoms with Gasteiger partial charge in [0.05, 0.1) is 13.1 Å². The van der Waals surface area contributed by atoms with Crippen LogP contribution in [0.4, 0.5) is 0 Å². The van der Waals surface area contributed by atoms with Gasteiger partial charge in [-0.05, 0) is 18.8 Å². The Hall–Kier alpha value is -1.89. The molecular weight excluding hydrogens is 318 g/mol. The van der Waals surface area contributed by atoms with Crippen LogP contribution in [-0.4, -0.2) is 31.8 Å². The maximum Gasteiger partial charge on any atom is 0.332 e. The van der Waals surface area contributed by atoms with Crippen molar-refractivity contribution < 1.29 is 4.90 Å². The van der Waals surface area contributed by atoms with E-state index in [9.17, 15) is 9.59 Å². The van der Waals surface area contributed by atoms with E-state index in [1.807, 2.05) is 4.57 Å². The van der Waals surface area contributed by atoms with Gasteiger partial charge in [0, 0.05) is 26.6 Å². The monoisotopic (exact) mass is 348 g/mol. The van der Waals surface area contributed by atoms with Crippen molar-refractivity contribution in [3.63, 3.8) is 0 Å². The number of imidazole rings is 1. The Morgan fingerprint density at radius 3 is 2.60 bits per heavy atom. The number of aromatic nitrogens is 4. The molecule has 1 saturated heterocycles. The van der Waals surface area contributed by atoms with Gasteiger partial charge >= 0.3 is 5.69 Å². The zero-order valence-corrected chi connectivity index (χ0v) is 16.0. The summed E-state index contributed by atoms with van der Waals surface area (Å²) >= 11 is 0. The first kappa shape index (κ1) is 17.9. The van der Waals surface area contributed by atoms with E-state index in [1.165, 1.54) is 33.9 Å². The lowest BCUT2D eigenvalue weighted by molar-refractivity contribution is -0.922. The van der Waals surface area contributed by atoms with Crippen molar-refractivity contribution >= 4 is 11.2 Å². The van der Waals surface area contributed by atoms with E-state index in [4.69, 9.17) is 4.98 Å². The van der Waals surface area contributed by atoms with Crippen LogP contribution in [0.5, 0.6) is 0 Å². The summed E-state index contributed by atoms with van der Waals surface area (Å²) in [6.45, 7) is 10.4. The van der Waals surface area contributed by atoms with Gasteiger partial charge in [-0.1, -0.05) is 20.8 Å². The van der Waals surface area contributed by atoms with Gasteiger partial charge in [0.15, 0.2) is 17.0 Å². The highest BCUT2D eigenvalue weighted by Gasteiger charge is 2.25. The van der Waals surface area contributed by atoms with E-state index >= 15 is 0 Å². The van der Waals surface area contributed by atoms with Gasteiger partial charge in [-0.25, -0.2) is 9.78 Å². The fourth-order valence-electron chi connectivity index (χ4n) is 3.97. The van der Waals surface area contributed by atoms with Crippen LogP contribution in [0.25, 0.3) is 11.2 Å². The number of hydrogen-bond donors (Lipinski definition) is 1. The number of nitrogens with one attached hydrogen (secondary N) is 1. The van der Waals surface area contributed by atoms with Crippen LogP contribution < -0.4 is 16.1 Å². The standard InChI is InChI=1S/C18H29N5O2/c1-12(2)9-23-14(11-22-8-6-7-13(3)10-22)19-16-15(23)17(24)21(5)18(25)20(16)4/h12-13H,6-11H2,1-5H3/p+1. The average molecular weight is 348 g/mol. The summed E-state index contributed by atoms with van der Waals surface area (Å²) in [5, 5.41) is 0. The van der Waals surface area contributed by atoms with Crippen LogP contribution in [0, 0.1) is 11.8 Å². The molecule has 1 aliphatic rings. The molecule has 7 heteroatoms. The molecule has 3 rings (SSSR count). The van der Waals surface area contributed by atoms with Crippen LogP contribution in [-0.2, 0) is 27.2 Å². The smallest absolute Gasteiger partial charge is 0.328 e. The van der Waals surface area contributed by atoms with Crippen molar-refractivity contribution in [1.29, 1.82) is 0 Å². The van der Waals surface area contributed by atoms with E-state index < -0.39 is 0 Å². The van der Waals surface area contributed by atoms with Crippen LogP contribution in [0.1, 0.15) is 39.4 Å². The minimum Gasteiger partial charge on any atom is -0.328 e. The molecule has 0 spiro atoms. The second-order valence-electron chi connectivity index (χ2n) is 8.04. The van der Waals surface area contributed by atoms with Gasteiger partial charge in [-0.2, -0.15) is 0 Å². The number of nitrogens with zero attached hydrogens (tertiary/aromatic N) is 4. The summed E-state index contributed by atoms with van der Waals surface area (Å²) in [6.07, 6.45) is 2.53. The summed E-state index contributed by atoms with van der Waals surface area (Å²) in [5.41, 5.74) is 0.489. The molecule has 3 heterocycles. The number of likely N-dealkylation sites (tertiary alicyclic amines) is 1. The Morgan fingerprint density at radius 1 is 1.24 bits per heavy atom. The number of rotatable bonds is 4. The molecule has 2 aromatic heterocycles. The lowest BCUT2D eigenvalue weighted by Gasteiger charge is -2.27. The summed E-state index contributed by atoms with van der Waals surface area (Å²) in [5.74, 6) is 2.04. The summed E-state index contributed by atoms with van der Waals surface area (Å²) in [4.78, 5) is 31.2. The Balaban J connectivity index is 2.14. The second-order valence-corrected chi connectivity index (χ2v) is 8.04. The van der Waals surface area contributed by atoms with E-state index in [1.54, 1.807) is 7.05 Å². The minimum absolute atomic E-state index is 0.250. The molecule has 138 valence electrons. The molecule has 0 aliphatic carbocycles. The number of quaternary nitrogens is 1. The molecule has 2 aromatic rings. The van der Waals surface area contributed by atoms with E-state index in [0.29, 0.717) is 17.1 Å². The molecule has 0 amide bonds. The fraction of sp³-hybridized carbons (Fsp3) is 0.722. The molecule has 0 saturated carbocycles. The van der Waals surface area contributed by atoms with Crippen molar-refractivity contribution in [1.82, 2.24) is 18.7 Å². The SMILES string of the molecule is CC(C)Cn1c(C[NH+]2CCCC(C)C2)nc2c1c(=O)n(C)c(=O)n2C. The van der Waals surface area contributed by atoms with Gasteiger partial charge in [0.2, 0.25) is 0 Å². The molecule has 0 aromatic carbocycles. The van der Waals surface area contributed by atoms with Crippen molar-refractivity contribution in [2.75, 3.05) is 13.1 Å². The Kier molecular flexibility index (Phi) is 4.86. The highest BCUT2D eigenvalue weighted by molar-refractivity contribution is 5.71. The lowest BCUT2D eigenvalue weighted by atomic mass is 10.0. The molecule has 1 fully saturated rings. The summed E-state index contributed by atoms with van der Waals surface area (Å²) in [6, 6.07) is 0. The molecule has 0 radical (unpaired) electrons. The largest absolute Gasteiger partial charge is 0.332 e. The molecule has 0 bridgehead atoms. The Labute approximate surface area is 147 Å². The topological polar surface area (TPSA) is 66.3 Å². The van der Waals surface area contributed by atoms with Gasteiger partial charge in [0.1, 0.15) is 6.54 Å². The van der Waals surface area contributed by atoms with E-state index in [-0.39, 0.29) is 11.2 Å². The van der Waals surface area contributed by atoms with Crippen LogP contribution in [0.15, 0.2) is 9.59 Å². The summed E-state index contributed by atoms with van der Waals surface area (Å²) in [7, 11) is 3.23. The third-order valence-electron chi connectivity index (χ3n) is 5.25. The third-order valence-corrected chi connectivity index (χ3v) is 5.25. The van der Waals surface area contributed by atoms with E-state index in [0.717, 1.165) is 37.9 Å². The Bertz CT molecular complexity index is 889. The van der Waals surface area contributed by atoms with Gasteiger partial charge in [-0.3, -0.25) is 13.9 Å². The first-order valence-electron chi connectivity index (χ1n) is 9.28. The fourth-order valence-corrected chi connectivity index (χ4v) is 3.97. The molecule has 1 N–H and O–H groups in total. The van der Waals surface area contributed by atoms with Crippen LogP contribution in [0.2, 0.25) is 0 Å². The van der Waals surface area contributed by atoms with Crippen LogP contribution >= 0.6 is 0 Å². The number of hydrogen-bond acceptors (Lipinski definition) is 3. The highest BCUT2D eigenvalue weighted by atomic mass is 16.2.